The lowest BCUT2D eigenvalue weighted by Gasteiger charge is -2.47. The van der Waals surface area contributed by atoms with Crippen molar-refractivity contribution in [2.75, 3.05) is 0 Å². The van der Waals surface area contributed by atoms with Crippen LogP contribution in [0, 0.1) is 17.3 Å². The molecule has 2 rings (SSSR count). The highest BCUT2D eigenvalue weighted by atomic mass is 16.4. The molecule has 1 fully saturated rings. The molecule has 0 radical (unpaired) electrons. The molecule has 0 bridgehead atoms. The molecule has 0 heterocycles. The van der Waals surface area contributed by atoms with Crippen molar-refractivity contribution >= 4 is 5.71 Å². The summed E-state index contributed by atoms with van der Waals surface area (Å²) in [6.07, 6.45) is 6.66. The minimum atomic E-state index is 0.353. The fourth-order valence-electron chi connectivity index (χ4n) is 3.20. The third kappa shape index (κ3) is 1.60. The van der Waals surface area contributed by atoms with E-state index in [0.717, 1.165) is 30.4 Å². The predicted molar refractivity (Wildman–Crippen MR) is 62.2 cm³/mol. The number of hydrogen-bond donors (Lipinski definition) is 1. The highest BCUT2D eigenvalue weighted by Gasteiger charge is 2.42. The van der Waals surface area contributed by atoms with E-state index in [2.05, 4.69) is 32.0 Å². The molecule has 0 aromatic heterocycles. The van der Waals surface area contributed by atoms with Crippen LogP contribution in [0.5, 0.6) is 0 Å². The Morgan fingerprint density at radius 3 is 2.80 bits per heavy atom. The second-order valence-corrected chi connectivity index (χ2v) is 5.48. The second-order valence-electron chi connectivity index (χ2n) is 5.48. The molecule has 15 heavy (non-hydrogen) atoms. The van der Waals surface area contributed by atoms with Gasteiger partial charge in [0.2, 0.25) is 0 Å². The van der Waals surface area contributed by atoms with E-state index in [4.69, 9.17) is 5.21 Å². The molecular formula is C13H21NO. The monoisotopic (exact) mass is 207 g/mol. The van der Waals surface area contributed by atoms with Crippen LogP contribution in [0.4, 0.5) is 0 Å². The maximum atomic E-state index is 8.83. The summed E-state index contributed by atoms with van der Waals surface area (Å²) >= 11 is 0. The Kier molecular flexibility index (Phi) is 2.61. The van der Waals surface area contributed by atoms with E-state index in [1.165, 1.54) is 18.4 Å². The van der Waals surface area contributed by atoms with Crippen molar-refractivity contribution in [2.45, 2.75) is 46.5 Å². The molecule has 2 nitrogen and oxygen atoms in total. The molecule has 1 saturated carbocycles. The van der Waals surface area contributed by atoms with Crippen molar-refractivity contribution in [1.29, 1.82) is 0 Å². The summed E-state index contributed by atoms with van der Waals surface area (Å²) in [6.45, 7) is 7.12. The minimum Gasteiger partial charge on any atom is -0.411 e. The normalized spacial score (nSPS) is 43.7. The quantitative estimate of drug-likeness (QED) is 0.477. The van der Waals surface area contributed by atoms with E-state index in [9.17, 15) is 0 Å². The van der Waals surface area contributed by atoms with E-state index in [-0.39, 0.29) is 0 Å². The third-order valence-corrected chi connectivity index (χ3v) is 4.83. The largest absolute Gasteiger partial charge is 0.411 e. The van der Waals surface area contributed by atoms with Crippen molar-refractivity contribution < 1.29 is 5.21 Å². The molecule has 0 amide bonds. The summed E-state index contributed by atoms with van der Waals surface area (Å²) in [5.74, 6) is 1.57. The Labute approximate surface area is 92.1 Å². The fraction of sp³-hybridized carbons (Fsp3) is 0.769. The molecule has 2 heteroatoms. The van der Waals surface area contributed by atoms with E-state index in [1.807, 2.05) is 0 Å². The topological polar surface area (TPSA) is 32.6 Å². The summed E-state index contributed by atoms with van der Waals surface area (Å²) in [5.41, 5.74) is 2.72. The minimum absolute atomic E-state index is 0.353. The summed E-state index contributed by atoms with van der Waals surface area (Å²) in [4.78, 5) is 0. The predicted octanol–water partition coefficient (Wildman–Crippen LogP) is 3.61. The molecule has 1 N–H and O–H groups in total. The van der Waals surface area contributed by atoms with Gasteiger partial charge in [-0.25, -0.2) is 0 Å². The van der Waals surface area contributed by atoms with Crippen LogP contribution in [0.15, 0.2) is 16.8 Å². The van der Waals surface area contributed by atoms with Crippen LogP contribution in [-0.4, -0.2) is 10.9 Å². The Bertz CT molecular complexity index is 318. The van der Waals surface area contributed by atoms with Crippen LogP contribution in [0.2, 0.25) is 0 Å². The molecule has 84 valence electrons. The number of allylic oxidation sites excluding steroid dienone is 2. The molecule has 0 saturated heterocycles. The van der Waals surface area contributed by atoms with Crippen LogP contribution in [-0.2, 0) is 0 Å². The van der Waals surface area contributed by atoms with E-state index in [0.29, 0.717) is 5.41 Å². The number of oxime groups is 1. The van der Waals surface area contributed by atoms with Crippen molar-refractivity contribution in [1.82, 2.24) is 0 Å². The van der Waals surface area contributed by atoms with Crippen LogP contribution >= 0.6 is 0 Å². The van der Waals surface area contributed by atoms with Crippen LogP contribution in [0.1, 0.15) is 46.5 Å². The summed E-state index contributed by atoms with van der Waals surface area (Å²) in [5, 5.41) is 12.2. The second kappa shape index (κ2) is 3.66. The summed E-state index contributed by atoms with van der Waals surface area (Å²) < 4.78 is 0. The number of rotatable bonds is 0. The Balaban J connectivity index is 2.34. The molecule has 0 spiro atoms. The van der Waals surface area contributed by atoms with Crippen molar-refractivity contribution in [3.63, 3.8) is 0 Å². The third-order valence-electron chi connectivity index (χ3n) is 4.83. The maximum Gasteiger partial charge on any atom is 0.0795 e. The van der Waals surface area contributed by atoms with Crippen molar-refractivity contribution in [2.24, 2.45) is 22.4 Å². The molecular weight excluding hydrogens is 186 g/mol. The maximum absolute atomic E-state index is 8.83. The lowest BCUT2D eigenvalue weighted by Crippen LogP contribution is -2.38. The van der Waals surface area contributed by atoms with Crippen molar-refractivity contribution in [3.05, 3.63) is 11.6 Å². The zero-order valence-electron chi connectivity index (χ0n) is 9.95. The van der Waals surface area contributed by atoms with Gasteiger partial charge in [-0.2, -0.15) is 0 Å². The van der Waals surface area contributed by atoms with Crippen LogP contribution in [0.25, 0.3) is 0 Å². The van der Waals surface area contributed by atoms with Gasteiger partial charge in [0.05, 0.1) is 5.71 Å². The zero-order valence-corrected chi connectivity index (χ0v) is 9.95. The van der Waals surface area contributed by atoms with Gasteiger partial charge in [0.15, 0.2) is 0 Å². The van der Waals surface area contributed by atoms with Gasteiger partial charge in [0.25, 0.3) is 0 Å². The molecule has 3 atom stereocenters. The smallest absolute Gasteiger partial charge is 0.0795 e. The van der Waals surface area contributed by atoms with E-state index in [1.54, 1.807) is 0 Å². The lowest BCUT2D eigenvalue weighted by atomic mass is 9.57. The number of fused-ring (bicyclic) bond motifs is 1. The van der Waals surface area contributed by atoms with Gasteiger partial charge < -0.3 is 5.21 Å². The molecule has 2 unspecified atom stereocenters. The van der Waals surface area contributed by atoms with Crippen LogP contribution in [0.3, 0.4) is 0 Å². The van der Waals surface area contributed by atoms with E-state index >= 15 is 0 Å². The van der Waals surface area contributed by atoms with Gasteiger partial charge in [0.1, 0.15) is 0 Å². The first kappa shape index (κ1) is 10.7. The first-order valence-electron chi connectivity index (χ1n) is 6.00. The van der Waals surface area contributed by atoms with Gasteiger partial charge >= 0.3 is 0 Å². The van der Waals surface area contributed by atoms with Gasteiger partial charge in [-0.3, -0.25) is 0 Å². The molecule has 2 aliphatic rings. The van der Waals surface area contributed by atoms with Crippen molar-refractivity contribution in [3.8, 4) is 0 Å². The molecule has 0 aromatic rings. The average molecular weight is 207 g/mol. The Morgan fingerprint density at radius 2 is 2.13 bits per heavy atom. The Hall–Kier alpha value is -0.790. The summed E-state index contributed by atoms with van der Waals surface area (Å²) in [7, 11) is 0. The first-order chi connectivity index (χ1) is 7.08. The first-order valence-corrected chi connectivity index (χ1v) is 6.00. The highest BCUT2D eigenvalue weighted by molar-refractivity contribution is 5.96. The lowest BCUT2D eigenvalue weighted by molar-refractivity contribution is 0.129. The standard InChI is InChI=1S/C13H21NO/c1-9-4-5-11-8-12(14-15)6-7-13(11,3)10(9)2/h8-10,15H,4-7H2,1-3H3/t9?,10?,13-/m1/s1. The average Bonchev–Trinajstić information content (AvgIpc) is 2.25. The molecule has 0 aromatic carbocycles. The van der Waals surface area contributed by atoms with Gasteiger partial charge in [-0.05, 0) is 49.0 Å². The fourth-order valence-corrected chi connectivity index (χ4v) is 3.20. The zero-order chi connectivity index (χ0) is 11.1. The number of hydrogen-bond acceptors (Lipinski definition) is 2. The molecule has 0 aliphatic heterocycles. The van der Waals surface area contributed by atoms with Gasteiger partial charge in [0, 0.05) is 0 Å². The SMILES string of the molecule is CC1CCC2=CC(=NO)CC[C@]2(C)C1C. The highest BCUT2D eigenvalue weighted by Crippen LogP contribution is 2.52. The van der Waals surface area contributed by atoms with E-state index < -0.39 is 0 Å². The van der Waals surface area contributed by atoms with Crippen LogP contribution < -0.4 is 0 Å². The summed E-state index contributed by atoms with van der Waals surface area (Å²) in [6, 6.07) is 0. The number of nitrogens with zero attached hydrogens (tertiary/aromatic N) is 1. The molecule has 2 aliphatic carbocycles. The Morgan fingerprint density at radius 1 is 1.40 bits per heavy atom. The van der Waals surface area contributed by atoms with Gasteiger partial charge in [-0.15, -0.1) is 0 Å². The van der Waals surface area contributed by atoms with Gasteiger partial charge in [-0.1, -0.05) is 31.5 Å².